The van der Waals surface area contributed by atoms with Gasteiger partial charge in [0, 0.05) is 12.4 Å². The molecule has 0 atom stereocenters. The van der Waals surface area contributed by atoms with E-state index in [1.54, 1.807) is 18.5 Å². The van der Waals surface area contributed by atoms with Crippen LogP contribution in [0.1, 0.15) is 20.8 Å². The lowest BCUT2D eigenvalue weighted by atomic mass is 10.2. The molecule has 0 aliphatic carbocycles. The van der Waals surface area contributed by atoms with Crippen molar-refractivity contribution in [2.75, 3.05) is 11.9 Å². The summed E-state index contributed by atoms with van der Waals surface area (Å²) in [7, 11) is 0. The highest BCUT2D eigenvalue weighted by molar-refractivity contribution is 7.16. The number of aryl methyl sites for hydroxylation is 1. The first-order valence-electron chi connectivity index (χ1n) is 5.57. The summed E-state index contributed by atoms with van der Waals surface area (Å²) in [6.07, 6.45) is 4.82. The second-order valence-corrected chi connectivity index (χ2v) is 4.77. The number of hydrogen-bond acceptors (Lipinski definition) is 5. The SMILES string of the molecule is Cc1cncc(C(=O)Nc2ncc(C#CCN)s2)c1. The minimum absolute atomic E-state index is 0.233. The van der Waals surface area contributed by atoms with Gasteiger partial charge in [-0.2, -0.15) is 0 Å². The molecule has 2 aromatic heterocycles. The molecule has 0 aromatic carbocycles. The van der Waals surface area contributed by atoms with Crippen molar-refractivity contribution in [3.05, 3.63) is 40.7 Å². The minimum Gasteiger partial charge on any atom is -0.320 e. The van der Waals surface area contributed by atoms with Crippen LogP contribution in [0.5, 0.6) is 0 Å². The zero-order valence-corrected chi connectivity index (χ0v) is 11.1. The van der Waals surface area contributed by atoms with Crippen LogP contribution < -0.4 is 11.1 Å². The highest BCUT2D eigenvalue weighted by Gasteiger charge is 2.09. The fraction of sp³-hybridized carbons (Fsp3) is 0.154. The molecule has 2 heterocycles. The summed E-state index contributed by atoms with van der Waals surface area (Å²) >= 11 is 1.31. The van der Waals surface area contributed by atoms with Gasteiger partial charge >= 0.3 is 0 Å². The van der Waals surface area contributed by atoms with E-state index in [0.29, 0.717) is 17.2 Å². The number of carbonyl (C=O) groups excluding carboxylic acids is 1. The number of amides is 1. The maximum Gasteiger partial charge on any atom is 0.259 e. The van der Waals surface area contributed by atoms with Crippen LogP contribution in [0.3, 0.4) is 0 Å². The Labute approximate surface area is 114 Å². The molecule has 0 unspecified atom stereocenters. The average molecular weight is 272 g/mol. The van der Waals surface area contributed by atoms with Gasteiger partial charge in [0.05, 0.1) is 23.2 Å². The first kappa shape index (κ1) is 13.2. The molecule has 5 nitrogen and oxygen atoms in total. The third kappa shape index (κ3) is 3.61. The standard InChI is InChI=1S/C13H12N4OS/c1-9-5-10(7-15-6-9)12(18)17-13-16-8-11(19-13)3-2-4-14/h5-8H,4,14H2,1H3,(H,16,17,18). The summed E-state index contributed by atoms with van der Waals surface area (Å²) in [4.78, 5) is 20.8. The van der Waals surface area contributed by atoms with E-state index in [1.807, 2.05) is 6.92 Å². The minimum atomic E-state index is -0.233. The van der Waals surface area contributed by atoms with Gasteiger partial charge in [-0.1, -0.05) is 23.2 Å². The summed E-state index contributed by atoms with van der Waals surface area (Å²) in [5.41, 5.74) is 6.72. The average Bonchev–Trinajstić information content (AvgIpc) is 2.84. The van der Waals surface area contributed by atoms with E-state index in [4.69, 9.17) is 5.73 Å². The lowest BCUT2D eigenvalue weighted by molar-refractivity contribution is 0.102. The van der Waals surface area contributed by atoms with Crippen LogP contribution in [0.4, 0.5) is 5.13 Å². The molecule has 6 heteroatoms. The van der Waals surface area contributed by atoms with Crippen molar-refractivity contribution in [1.29, 1.82) is 0 Å². The van der Waals surface area contributed by atoms with E-state index in [2.05, 4.69) is 27.1 Å². The van der Waals surface area contributed by atoms with E-state index >= 15 is 0 Å². The van der Waals surface area contributed by atoms with E-state index in [9.17, 15) is 4.79 Å². The summed E-state index contributed by atoms with van der Waals surface area (Å²) in [5.74, 6) is 5.37. The molecule has 3 N–H and O–H groups in total. The van der Waals surface area contributed by atoms with Gasteiger partial charge in [-0.3, -0.25) is 15.1 Å². The first-order valence-corrected chi connectivity index (χ1v) is 6.38. The fourth-order valence-electron chi connectivity index (χ4n) is 1.38. The van der Waals surface area contributed by atoms with Crippen molar-refractivity contribution in [3.8, 4) is 11.8 Å². The normalized spacial score (nSPS) is 9.58. The molecule has 1 amide bonds. The van der Waals surface area contributed by atoms with Gasteiger partial charge in [-0.15, -0.1) is 0 Å². The Morgan fingerprint density at radius 2 is 2.32 bits per heavy atom. The van der Waals surface area contributed by atoms with Crippen molar-refractivity contribution in [1.82, 2.24) is 9.97 Å². The molecular weight excluding hydrogens is 260 g/mol. The van der Waals surface area contributed by atoms with Gasteiger partial charge in [0.15, 0.2) is 5.13 Å². The Hall–Kier alpha value is -2.23. The van der Waals surface area contributed by atoms with Crippen molar-refractivity contribution in [2.45, 2.75) is 6.92 Å². The Bertz CT molecular complexity index is 654. The highest BCUT2D eigenvalue weighted by Crippen LogP contribution is 2.17. The molecule has 19 heavy (non-hydrogen) atoms. The number of aromatic nitrogens is 2. The first-order chi connectivity index (χ1) is 9.19. The molecule has 0 spiro atoms. The number of nitrogens with two attached hydrogens (primary N) is 1. The quantitative estimate of drug-likeness (QED) is 0.810. The molecular formula is C13H12N4OS. The number of anilines is 1. The van der Waals surface area contributed by atoms with Crippen molar-refractivity contribution >= 4 is 22.4 Å². The van der Waals surface area contributed by atoms with Crippen LogP contribution in [0.15, 0.2) is 24.7 Å². The Balaban J connectivity index is 2.09. The second kappa shape index (κ2) is 6.09. The molecule has 0 saturated heterocycles. The van der Waals surface area contributed by atoms with Crippen LogP contribution in [-0.2, 0) is 0 Å². The molecule has 0 bridgehead atoms. The predicted octanol–water partition coefficient (Wildman–Crippen LogP) is 1.41. The lowest BCUT2D eigenvalue weighted by Crippen LogP contribution is -2.12. The molecule has 0 radical (unpaired) electrons. The molecule has 2 aromatic rings. The Morgan fingerprint density at radius 3 is 3.05 bits per heavy atom. The van der Waals surface area contributed by atoms with E-state index in [1.165, 1.54) is 17.5 Å². The maximum absolute atomic E-state index is 11.9. The molecule has 96 valence electrons. The molecule has 2 rings (SSSR count). The molecule has 0 aliphatic rings. The monoisotopic (exact) mass is 272 g/mol. The van der Waals surface area contributed by atoms with E-state index < -0.39 is 0 Å². The van der Waals surface area contributed by atoms with Gasteiger partial charge in [-0.25, -0.2) is 4.98 Å². The fourth-order valence-corrected chi connectivity index (χ4v) is 2.06. The summed E-state index contributed by atoms with van der Waals surface area (Å²) < 4.78 is 0. The largest absolute Gasteiger partial charge is 0.320 e. The smallest absolute Gasteiger partial charge is 0.259 e. The number of thiazole rings is 1. The summed E-state index contributed by atoms with van der Waals surface area (Å²) in [6, 6.07) is 1.77. The van der Waals surface area contributed by atoms with Gasteiger partial charge in [0.2, 0.25) is 0 Å². The number of hydrogen-bond donors (Lipinski definition) is 2. The third-order valence-electron chi connectivity index (χ3n) is 2.18. The van der Waals surface area contributed by atoms with Crippen LogP contribution in [0, 0.1) is 18.8 Å². The molecule has 0 aliphatic heterocycles. The third-order valence-corrected chi connectivity index (χ3v) is 3.01. The highest BCUT2D eigenvalue weighted by atomic mass is 32.1. The topological polar surface area (TPSA) is 80.9 Å². The summed E-state index contributed by atoms with van der Waals surface area (Å²) in [5, 5.41) is 3.22. The summed E-state index contributed by atoms with van der Waals surface area (Å²) in [6.45, 7) is 2.18. The van der Waals surface area contributed by atoms with Crippen LogP contribution >= 0.6 is 11.3 Å². The van der Waals surface area contributed by atoms with Gasteiger partial charge < -0.3 is 5.73 Å². The maximum atomic E-state index is 11.9. The number of carbonyl (C=O) groups is 1. The Morgan fingerprint density at radius 1 is 1.47 bits per heavy atom. The lowest BCUT2D eigenvalue weighted by Gasteiger charge is -2.01. The van der Waals surface area contributed by atoms with Crippen LogP contribution in [0.2, 0.25) is 0 Å². The van der Waals surface area contributed by atoms with E-state index in [-0.39, 0.29) is 5.91 Å². The predicted molar refractivity (Wildman–Crippen MR) is 75.0 cm³/mol. The van der Waals surface area contributed by atoms with Crippen molar-refractivity contribution < 1.29 is 4.79 Å². The number of nitrogens with zero attached hydrogens (tertiary/aromatic N) is 2. The molecule has 0 saturated carbocycles. The van der Waals surface area contributed by atoms with E-state index in [0.717, 1.165) is 10.4 Å². The zero-order chi connectivity index (χ0) is 13.7. The number of pyridine rings is 1. The van der Waals surface area contributed by atoms with Gasteiger partial charge in [0.25, 0.3) is 5.91 Å². The number of nitrogens with one attached hydrogen (secondary N) is 1. The number of rotatable bonds is 2. The van der Waals surface area contributed by atoms with Crippen molar-refractivity contribution in [2.24, 2.45) is 5.73 Å². The van der Waals surface area contributed by atoms with Gasteiger partial charge in [0.1, 0.15) is 0 Å². The van der Waals surface area contributed by atoms with Gasteiger partial charge in [-0.05, 0) is 18.6 Å². The zero-order valence-electron chi connectivity index (χ0n) is 10.3. The Kier molecular flexibility index (Phi) is 4.23. The van der Waals surface area contributed by atoms with Crippen LogP contribution in [-0.4, -0.2) is 22.4 Å². The van der Waals surface area contributed by atoms with Crippen molar-refractivity contribution in [3.63, 3.8) is 0 Å². The second-order valence-electron chi connectivity index (χ2n) is 3.74. The molecule has 0 fully saturated rings. The van der Waals surface area contributed by atoms with Crippen LogP contribution in [0.25, 0.3) is 0 Å².